The van der Waals surface area contributed by atoms with E-state index in [9.17, 15) is 18.0 Å². The Morgan fingerprint density at radius 1 is 1.00 bits per heavy atom. The Balaban J connectivity index is 2.12. The number of ether oxygens (including phenoxy) is 3. The van der Waals surface area contributed by atoms with Gasteiger partial charge < -0.3 is 14.2 Å². The van der Waals surface area contributed by atoms with Crippen LogP contribution in [0.1, 0.15) is 10.4 Å². The second kappa shape index (κ2) is 9.18. The highest BCUT2D eigenvalue weighted by Gasteiger charge is 2.24. The van der Waals surface area contributed by atoms with Crippen LogP contribution in [0.4, 0.5) is 4.79 Å². The number of amides is 2. The molecule has 12 nitrogen and oxygen atoms in total. The molecule has 0 aliphatic rings. The van der Waals surface area contributed by atoms with Crippen LogP contribution in [-0.2, 0) is 14.8 Å². The molecule has 0 aliphatic heterocycles. The van der Waals surface area contributed by atoms with E-state index in [0.29, 0.717) is 11.9 Å². The summed E-state index contributed by atoms with van der Waals surface area (Å²) in [6, 6.07) is 4.07. The fraction of sp³-hybridized carbons (Fsp3) is 0.214. The zero-order valence-electron chi connectivity index (χ0n) is 14.8. The number of hydrogen-bond acceptors (Lipinski definition) is 11. The normalized spacial score (nSPS) is 10.7. The van der Waals surface area contributed by atoms with Crippen LogP contribution in [0.5, 0.6) is 12.0 Å². The third-order valence-electron chi connectivity index (χ3n) is 2.98. The van der Waals surface area contributed by atoms with Crippen LogP contribution in [0.15, 0.2) is 34.3 Å². The van der Waals surface area contributed by atoms with E-state index in [0.717, 1.165) is 13.2 Å². The minimum absolute atomic E-state index is 0.00814. The molecule has 2 rings (SSSR count). The van der Waals surface area contributed by atoms with E-state index in [-0.39, 0.29) is 22.7 Å². The monoisotopic (exact) mass is 429 g/mol. The number of benzene rings is 1. The van der Waals surface area contributed by atoms with Crippen LogP contribution in [0.3, 0.4) is 0 Å². The lowest BCUT2D eigenvalue weighted by Crippen LogP contribution is -2.37. The Labute approximate surface area is 164 Å². The topological polar surface area (TPSA) is 159 Å². The van der Waals surface area contributed by atoms with E-state index < -0.39 is 26.9 Å². The van der Waals surface area contributed by atoms with Crippen molar-refractivity contribution < 1.29 is 32.2 Å². The number of nitrogens with one attached hydrogen (secondary N) is 2. The van der Waals surface area contributed by atoms with Gasteiger partial charge in [0.05, 0.1) is 26.9 Å². The molecule has 1 aromatic carbocycles. The molecule has 0 aliphatic carbocycles. The molecule has 0 saturated carbocycles. The number of urea groups is 1. The van der Waals surface area contributed by atoms with Crippen molar-refractivity contribution >= 4 is 34.0 Å². The van der Waals surface area contributed by atoms with Gasteiger partial charge in [0.25, 0.3) is 10.0 Å². The van der Waals surface area contributed by atoms with E-state index >= 15 is 0 Å². The van der Waals surface area contributed by atoms with E-state index in [2.05, 4.69) is 24.4 Å². The van der Waals surface area contributed by atoms with Gasteiger partial charge >= 0.3 is 24.0 Å². The summed E-state index contributed by atoms with van der Waals surface area (Å²) in [6.45, 7) is 0. The van der Waals surface area contributed by atoms with Crippen LogP contribution in [0.2, 0.25) is 0 Å². The molecule has 28 heavy (non-hydrogen) atoms. The van der Waals surface area contributed by atoms with Crippen molar-refractivity contribution in [2.75, 3.05) is 21.3 Å². The second-order valence-corrected chi connectivity index (χ2v) is 7.14. The van der Waals surface area contributed by atoms with E-state index in [4.69, 9.17) is 9.47 Å². The highest BCUT2D eigenvalue weighted by atomic mass is 32.2. The zero-order valence-corrected chi connectivity index (χ0v) is 16.5. The molecule has 2 amide bonds. The van der Waals surface area contributed by atoms with Gasteiger partial charge in [-0.15, -0.1) is 4.98 Å². The molecule has 1 aromatic heterocycles. The summed E-state index contributed by atoms with van der Waals surface area (Å²) in [5.74, 6) is -0.861. The summed E-state index contributed by atoms with van der Waals surface area (Å²) in [5, 5.41) is -0.00814. The van der Waals surface area contributed by atoms with Gasteiger partial charge in [0.1, 0.15) is 4.90 Å². The van der Waals surface area contributed by atoms with E-state index in [1.165, 1.54) is 32.4 Å². The maximum Gasteiger partial charge on any atom is 0.339 e. The van der Waals surface area contributed by atoms with Crippen molar-refractivity contribution in [1.82, 2.24) is 24.4 Å². The summed E-state index contributed by atoms with van der Waals surface area (Å²) >= 11 is 0.598. The minimum Gasteiger partial charge on any atom is -0.467 e. The fourth-order valence-corrected chi connectivity index (χ4v) is 3.47. The molecular formula is C14H15N5O7S2. The highest BCUT2D eigenvalue weighted by molar-refractivity contribution is 7.98. The SMILES string of the molecule is COC(=O)c1ccccc1S(=O)(=O)NC(=O)NSc1nc(OC)nc(OC)n1. The van der Waals surface area contributed by atoms with Crippen molar-refractivity contribution in [3.63, 3.8) is 0 Å². The number of nitrogens with zero attached hydrogens (tertiary/aromatic N) is 3. The maximum atomic E-state index is 12.4. The minimum atomic E-state index is -4.35. The first kappa shape index (κ1) is 21.2. The highest BCUT2D eigenvalue weighted by Crippen LogP contribution is 2.18. The lowest BCUT2D eigenvalue weighted by Gasteiger charge is -2.10. The van der Waals surface area contributed by atoms with Gasteiger partial charge in [-0.3, -0.25) is 4.72 Å². The first-order valence-electron chi connectivity index (χ1n) is 7.31. The van der Waals surface area contributed by atoms with Crippen LogP contribution >= 0.6 is 11.9 Å². The Bertz CT molecular complexity index is 962. The summed E-state index contributed by atoms with van der Waals surface area (Å²) in [7, 11) is -0.587. The van der Waals surface area contributed by atoms with Crippen molar-refractivity contribution in [3.05, 3.63) is 29.8 Å². The smallest absolute Gasteiger partial charge is 0.339 e. The summed E-state index contributed by atoms with van der Waals surface area (Å²) in [5.41, 5.74) is -0.218. The fourth-order valence-electron chi connectivity index (χ4n) is 1.82. The molecule has 1 heterocycles. The van der Waals surface area contributed by atoms with Gasteiger partial charge in [0, 0.05) is 11.9 Å². The Morgan fingerprint density at radius 2 is 1.61 bits per heavy atom. The average molecular weight is 429 g/mol. The van der Waals surface area contributed by atoms with Crippen LogP contribution in [-0.4, -0.2) is 56.7 Å². The molecule has 150 valence electrons. The predicted octanol–water partition coefficient (Wildman–Crippen LogP) is 0.371. The first-order chi connectivity index (χ1) is 13.3. The van der Waals surface area contributed by atoms with E-state index in [1.54, 1.807) is 4.72 Å². The van der Waals surface area contributed by atoms with Gasteiger partial charge in [0.2, 0.25) is 5.16 Å². The Hall–Kier alpha value is -3.13. The summed E-state index contributed by atoms with van der Waals surface area (Å²) in [4.78, 5) is 34.8. The molecule has 2 aromatic rings. The zero-order chi connectivity index (χ0) is 20.7. The average Bonchev–Trinajstić information content (AvgIpc) is 2.71. The Kier molecular flexibility index (Phi) is 6.94. The second-order valence-electron chi connectivity index (χ2n) is 4.72. The van der Waals surface area contributed by atoms with Crippen molar-refractivity contribution in [2.24, 2.45) is 0 Å². The predicted molar refractivity (Wildman–Crippen MR) is 95.4 cm³/mol. The molecule has 2 N–H and O–H groups in total. The van der Waals surface area contributed by atoms with Crippen LogP contribution in [0.25, 0.3) is 0 Å². The number of esters is 1. The van der Waals surface area contributed by atoms with Crippen molar-refractivity contribution in [2.45, 2.75) is 10.1 Å². The molecular weight excluding hydrogens is 414 g/mol. The van der Waals surface area contributed by atoms with E-state index in [1.807, 2.05) is 0 Å². The molecule has 0 unspecified atom stereocenters. The first-order valence-corrected chi connectivity index (χ1v) is 9.61. The molecule has 0 saturated heterocycles. The molecule has 0 spiro atoms. The standard InChI is InChI=1S/C14H15N5O7S2/c1-24-10(20)8-6-4-5-7-9(8)28(22,23)19-11(21)18-27-14-16-12(25-2)15-13(17-14)26-3/h4-7H,1-3H3,(H2,18,19,21). The number of rotatable bonds is 7. The third kappa shape index (κ3) is 5.20. The Morgan fingerprint density at radius 3 is 2.18 bits per heavy atom. The lowest BCUT2D eigenvalue weighted by atomic mass is 10.2. The number of carbonyl (C=O) groups is 2. The molecule has 14 heteroatoms. The van der Waals surface area contributed by atoms with Crippen LogP contribution < -0.4 is 18.9 Å². The van der Waals surface area contributed by atoms with Crippen molar-refractivity contribution in [3.8, 4) is 12.0 Å². The molecule has 0 fully saturated rings. The number of hydrogen-bond donors (Lipinski definition) is 2. The number of aromatic nitrogens is 3. The van der Waals surface area contributed by atoms with Crippen LogP contribution in [0, 0.1) is 0 Å². The number of sulfonamides is 1. The van der Waals surface area contributed by atoms with Crippen molar-refractivity contribution in [1.29, 1.82) is 0 Å². The molecule has 0 bridgehead atoms. The molecule has 0 radical (unpaired) electrons. The summed E-state index contributed by atoms with van der Waals surface area (Å²) in [6.07, 6.45) is 0. The van der Waals surface area contributed by atoms with Gasteiger partial charge in [0.15, 0.2) is 0 Å². The van der Waals surface area contributed by atoms with Gasteiger partial charge in [-0.25, -0.2) is 22.7 Å². The molecule has 0 atom stereocenters. The third-order valence-corrected chi connectivity index (χ3v) is 5.02. The largest absolute Gasteiger partial charge is 0.467 e. The maximum absolute atomic E-state index is 12.4. The lowest BCUT2D eigenvalue weighted by molar-refractivity contribution is 0.0596. The number of carbonyl (C=O) groups excluding carboxylic acids is 2. The summed E-state index contributed by atoms with van der Waals surface area (Å²) < 4.78 is 43.1. The number of methoxy groups -OCH3 is 3. The van der Waals surface area contributed by atoms with Gasteiger partial charge in [-0.2, -0.15) is 9.97 Å². The van der Waals surface area contributed by atoms with Gasteiger partial charge in [-0.05, 0) is 12.1 Å². The van der Waals surface area contributed by atoms with Gasteiger partial charge in [-0.1, -0.05) is 12.1 Å². The quantitative estimate of drug-likeness (QED) is 0.462.